The number of pyridine rings is 1. The number of nitrogens with zero attached hydrogens (tertiary/aromatic N) is 7. The molecule has 0 aromatic carbocycles. The first-order chi connectivity index (χ1) is 16.6. The fraction of sp³-hybridized carbons (Fsp3) is 0.273. The Labute approximate surface area is 198 Å². The van der Waals surface area contributed by atoms with Crippen LogP contribution < -0.4 is 10.2 Å². The zero-order valence-corrected chi connectivity index (χ0v) is 18.6. The number of hydrogen-bond acceptors (Lipinski definition) is 7. The van der Waals surface area contributed by atoms with E-state index in [9.17, 15) is 14.4 Å². The number of hydrogen-bond donors (Lipinski definition) is 2. The van der Waals surface area contributed by atoms with E-state index in [0.29, 0.717) is 25.3 Å². The quantitative estimate of drug-likeness (QED) is 0.306. The molecule has 2 N–H and O–H groups in total. The first kappa shape index (κ1) is 21.8. The van der Waals surface area contributed by atoms with Crippen molar-refractivity contribution in [1.29, 1.82) is 5.26 Å². The van der Waals surface area contributed by atoms with Crippen LogP contribution in [0.5, 0.6) is 0 Å². The molecule has 172 valence electrons. The van der Waals surface area contributed by atoms with Crippen molar-refractivity contribution in [2.45, 2.75) is 18.9 Å². The minimum absolute atomic E-state index is 0.0692. The average Bonchev–Trinajstić information content (AvgIpc) is 3.60. The minimum atomic E-state index is -0.710. The minimum Gasteiger partial charge on any atom is -0.354 e. The van der Waals surface area contributed by atoms with E-state index in [1.807, 2.05) is 28.0 Å². The Hall–Kier alpha value is -4.04. The number of carbonyl (C=O) groups is 1. The molecule has 1 saturated heterocycles. The summed E-state index contributed by atoms with van der Waals surface area (Å²) in [6.45, 7) is 1.15. The fourth-order valence-corrected chi connectivity index (χ4v) is 4.61. The second-order valence-corrected chi connectivity index (χ2v) is 8.35. The summed E-state index contributed by atoms with van der Waals surface area (Å²) in [4.78, 5) is 28.8. The van der Waals surface area contributed by atoms with Gasteiger partial charge in [-0.1, -0.05) is 11.6 Å². The van der Waals surface area contributed by atoms with Crippen LogP contribution in [0, 0.1) is 23.1 Å². The largest absolute Gasteiger partial charge is 0.354 e. The second-order valence-electron chi connectivity index (χ2n) is 7.99. The number of rotatable bonds is 7. The van der Waals surface area contributed by atoms with E-state index < -0.39 is 5.82 Å². The average molecular weight is 480 g/mol. The number of H-pyrrole nitrogens is 1. The molecule has 0 bridgehead atoms. The van der Waals surface area contributed by atoms with Crippen LogP contribution in [0.15, 0.2) is 37.1 Å². The summed E-state index contributed by atoms with van der Waals surface area (Å²) in [5.41, 5.74) is 2.57. The first-order valence-corrected chi connectivity index (χ1v) is 11.0. The van der Waals surface area contributed by atoms with Crippen LogP contribution >= 0.6 is 11.6 Å². The lowest BCUT2D eigenvalue weighted by Crippen LogP contribution is -2.26. The van der Waals surface area contributed by atoms with E-state index in [1.165, 1.54) is 6.33 Å². The highest BCUT2D eigenvalue weighted by molar-refractivity contribution is 6.29. The molecule has 1 amide bonds. The number of anilines is 2. The van der Waals surface area contributed by atoms with Crippen molar-refractivity contribution < 1.29 is 9.18 Å². The summed E-state index contributed by atoms with van der Waals surface area (Å²) in [6.07, 6.45) is 8.43. The molecule has 5 heterocycles. The fourth-order valence-electron chi connectivity index (χ4n) is 4.48. The predicted molar refractivity (Wildman–Crippen MR) is 124 cm³/mol. The molecule has 5 rings (SSSR count). The Balaban J connectivity index is 1.41. The molecule has 12 heteroatoms. The molecule has 2 atom stereocenters. The number of halogens is 2. The van der Waals surface area contributed by atoms with E-state index in [-0.39, 0.29) is 29.2 Å². The molecule has 10 nitrogen and oxygen atoms in total. The van der Waals surface area contributed by atoms with Crippen molar-refractivity contribution in [3.63, 3.8) is 0 Å². The van der Waals surface area contributed by atoms with Crippen LogP contribution in [0.3, 0.4) is 0 Å². The van der Waals surface area contributed by atoms with Gasteiger partial charge >= 0.3 is 0 Å². The third-order valence-electron chi connectivity index (χ3n) is 6.07. The van der Waals surface area contributed by atoms with Crippen molar-refractivity contribution in [3.8, 4) is 17.3 Å². The maximum atomic E-state index is 13.9. The van der Waals surface area contributed by atoms with Crippen molar-refractivity contribution in [3.05, 3.63) is 48.0 Å². The lowest BCUT2D eigenvalue weighted by molar-refractivity contribution is -0.105. The highest BCUT2D eigenvalue weighted by Gasteiger charge is 2.33. The van der Waals surface area contributed by atoms with Gasteiger partial charge in [-0.05, 0) is 12.5 Å². The topological polar surface area (TPSA) is 128 Å². The van der Waals surface area contributed by atoms with Crippen LogP contribution in [-0.2, 0) is 4.79 Å². The van der Waals surface area contributed by atoms with Gasteiger partial charge in [0.15, 0.2) is 16.8 Å². The van der Waals surface area contributed by atoms with Gasteiger partial charge in [0.25, 0.3) is 0 Å². The molecule has 4 aromatic heterocycles. The lowest BCUT2D eigenvalue weighted by atomic mass is 9.96. The monoisotopic (exact) mass is 479 g/mol. The van der Waals surface area contributed by atoms with Gasteiger partial charge in [0.2, 0.25) is 6.41 Å². The smallest absolute Gasteiger partial charge is 0.211 e. The van der Waals surface area contributed by atoms with Gasteiger partial charge in [-0.2, -0.15) is 10.4 Å². The molecule has 0 aliphatic carbocycles. The van der Waals surface area contributed by atoms with Crippen molar-refractivity contribution in [2.24, 2.45) is 5.92 Å². The summed E-state index contributed by atoms with van der Waals surface area (Å²) in [5.74, 6) is -0.244. The Bertz CT molecular complexity index is 1390. The maximum absolute atomic E-state index is 13.9. The van der Waals surface area contributed by atoms with Crippen molar-refractivity contribution in [2.75, 3.05) is 23.3 Å². The van der Waals surface area contributed by atoms with Gasteiger partial charge < -0.3 is 15.2 Å². The standard InChI is InChI=1S/C22H19ClFN9O/c23-20-16(24)7-17(29-12-34)22(31-20)32-6-3-13(9-32)18(1-4-25)33-10-14(8-30-33)19-15-2-5-26-21(15)28-11-27-19/h2,5,7-8,10-13,18H,1,3,6,9H2,(H,29,34)(H,26,27,28). The van der Waals surface area contributed by atoms with E-state index >= 15 is 0 Å². The van der Waals surface area contributed by atoms with E-state index in [4.69, 9.17) is 11.6 Å². The van der Waals surface area contributed by atoms with Crippen LogP contribution in [-0.4, -0.2) is 49.2 Å². The maximum Gasteiger partial charge on any atom is 0.211 e. The summed E-state index contributed by atoms with van der Waals surface area (Å²) in [6, 6.07) is 5.14. The predicted octanol–water partition coefficient (Wildman–Crippen LogP) is 3.56. The molecule has 0 saturated carbocycles. The molecule has 34 heavy (non-hydrogen) atoms. The Morgan fingerprint density at radius 1 is 1.44 bits per heavy atom. The number of fused-ring (bicyclic) bond motifs is 1. The van der Waals surface area contributed by atoms with Gasteiger partial charge in [0.05, 0.1) is 36.1 Å². The molecular formula is C22H19ClFN9O. The zero-order valence-electron chi connectivity index (χ0n) is 17.8. The number of nitrogens with one attached hydrogen (secondary N) is 2. The van der Waals surface area contributed by atoms with Gasteiger partial charge in [-0.25, -0.2) is 19.3 Å². The lowest BCUT2D eigenvalue weighted by Gasteiger charge is -2.24. The van der Waals surface area contributed by atoms with Gasteiger partial charge in [-0.15, -0.1) is 0 Å². The summed E-state index contributed by atoms with van der Waals surface area (Å²) < 4.78 is 15.7. The Morgan fingerprint density at radius 2 is 2.32 bits per heavy atom. The molecule has 1 fully saturated rings. The molecule has 4 aromatic rings. The highest BCUT2D eigenvalue weighted by atomic mass is 35.5. The van der Waals surface area contributed by atoms with Crippen LogP contribution in [0.4, 0.5) is 15.9 Å². The van der Waals surface area contributed by atoms with Crippen LogP contribution in [0.2, 0.25) is 5.15 Å². The summed E-state index contributed by atoms with van der Waals surface area (Å²) in [5, 5.41) is 17.2. The molecule has 0 radical (unpaired) electrons. The second kappa shape index (κ2) is 9.07. The SMILES string of the molecule is N#CCC(C1CCN(c2nc(Cl)c(F)cc2NC=O)C1)n1cc(-c2ncnc3[nH]ccc23)cn1. The number of amides is 1. The normalized spacial score (nSPS) is 16.5. The van der Waals surface area contributed by atoms with Gasteiger partial charge in [-0.3, -0.25) is 9.48 Å². The molecule has 0 spiro atoms. The van der Waals surface area contributed by atoms with Gasteiger partial charge in [0.1, 0.15) is 12.0 Å². The Morgan fingerprint density at radius 3 is 3.15 bits per heavy atom. The number of carbonyl (C=O) groups excluding carboxylic acids is 1. The first-order valence-electron chi connectivity index (χ1n) is 10.6. The summed E-state index contributed by atoms with van der Waals surface area (Å²) >= 11 is 5.90. The van der Waals surface area contributed by atoms with E-state index in [1.54, 1.807) is 6.20 Å². The highest BCUT2D eigenvalue weighted by Crippen LogP contribution is 2.36. The Kier molecular flexibility index (Phi) is 5.81. The number of nitriles is 1. The third-order valence-corrected chi connectivity index (χ3v) is 6.33. The van der Waals surface area contributed by atoms with Crippen molar-refractivity contribution >= 4 is 40.5 Å². The number of aromatic amines is 1. The van der Waals surface area contributed by atoms with Crippen molar-refractivity contribution in [1.82, 2.24) is 29.7 Å². The van der Waals surface area contributed by atoms with Crippen LogP contribution in [0.1, 0.15) is 18.9 Å². The third kappa shape index (κ3) is 3.92. The number of aromatic nitrogens is 6. The molecule has 2 unspecified atom stereocenters. The molecular weight excluding hydrogens is 461 g/mol. The van der Waals surface area contributed by atoms with Crippen LogP contribution in [0.25, 0.3) is 22.3 Å². The molecule has 1 aliphatic heterocycles. The van der Waals surface area contributed by atoms with Gasteiger partial charge in [0, 0.05) is 48.4 Å². The van der Waals surface area contributed by atoms with E-state index in [2.05, 4.69) is 36.4 Å². The van der Waals surface area contributed by atoms with E-state index in [0.717, 1.165) is 34.8 Å². The zero-order chi connectivity index (χ0) is 23.7. The molecule has 1 aliphatic rings. The summed E-state index contributed by atoms with van der Waals surface area (Å²) in [7, 11) is 0.